The van der Waals surface area contributed by atoms with E-state index in [-0.39, 0.29) is 24.6 Å². The van der Waals surface area contributed by atoms with Gasteiger partial charge in [0.15, 0.2) is 5.78 Å². The molecule has 0 aliphatic carbocycles. The van der Waals surface area contributed by atoms with Crippen molar-refractivity contribution in [3.05, 3.63) is 65.7 Å². The van der Waals surface area contributed by atoms with Crippen LogP contribution in [0.1, 0.15) is 35.7 Å². The Morgan fingerprint density at radius 3 is 2.33 bits per heavy atom. The van der Waals surface area contributed by atoms with E-state index in [1.54, 1.807) is 24.3 Å². The number of nitrogens with one attached hydrogen (secondary N) is 1. The third-order valence-corrected chi connectivity index (χ3v) is 3.97. The molecular formula is C21H26ClNO4. The van der Waals surface area contributed by atoms with Crippen LogP contribution in [0.25, 0.3) is 0 Å². The maximum Gasteiger partial charge on any atom is 0.321 e. The van der Waals surface area contributed by atoms with Crippen molar-refractivity contribution in [3.8, 4) is 5.75 Å². The lowest BCUT2D eigenvalue weighted by atomic mass is 10.1. The zero-order valence-electron chi connectivity index (χ0n) is 15.4. The average Bonchev–Trinajstić information content (AvgIpc) is 2.66. The van der Waals surface area contributed by atoms with Crippen molar-refractivity contribution in [3.63, 3.8) is 0 Å². The summed E-state index contributed by atoms with van der Waals surface area (Å²) in [6.07, 6.45) is 1.56. The highest BCUT2D eigenvalue weighted by Gasteiger charge is 2.17. The number of carboxylic acids is 1. The summed E-state index contributed by atoms with van der Waals surface area (Å²) >= 11 is 0. The van der Waals surface area contributed by atoms with Crippen LogP contribution in [0.2, 0.25) is 0 Å². The van der Waals surface area contributed by atoms with Gasteiger partial charge in [-0.25, -0.2) is 0 Å². The van der Waals surface area contributed by atoms with Crippen molar-refractivity contribution < 1.29 is 19.4 Å². The number of benzene rings is 2. The molecule has 2 rings (SSSR count). The number of halogens is 1. The van der Waals surface area contributed by atoms with Gasteiger partial charge in [0, 0.05) is 18.5 Å². The van der Waals surface area contributed by atoms with Gasteiger partial charge in [0.05, 0.1) is 6.61 Å². The van der Waals surface area contributed by atoms with Gasteiger partial charge in [-0.05, 0) is 42.7 Å². The normalized spacial score (nSPS) is 11.3. The standard InChI is InChI=1S/C21H25NO4.ClH/c1-2-14-26-18-10-8-17(9-11-18)20(23)12-13-22-19(21(24)25)15-16-6-4-3-5-7-16;/h3-11,19,22H,2,12-15H2,1H3,(H,24,25);1H/t19-;/m0./s1. The second-order valence-corrected chi connectivity index (χ2v) is 6.08. The Balaban J connectivity index is 0.00000364. The fourth-order valence-corrected chi connectivity index (χ4v) is 2.56. The second kappa shape index (κ2) is 12.1. The van der Waals surface area contributed by atoms with E-state index in [0.29, 0.717) is 25.1 Å². The zero-order valence-corrected chi connectivity index (χ0v) is 16.2. The monoisotopic (exact) mass is 391 g/mol. The molecule has 146 valence electrons. The predicted octanol–water partition coefficient (Wildman–Crippen LogP) is 3.76. The highest BCUT2D eigenvalue weighted by molar-refractivity contribution is 5.96. The van der Waals surface area contributed by atoms with Gasteiger partial charge in [0.25, 0.3) is 0 Å². The largest absolute Gasteiger partial charge is 0.494 e. The summed E-state index contributed by atoms with van der Waals surface area (Å²) in [5, 5.41) is 12.3. The zero-order chi connectivity index (χ0) is 18.8. The predicted molar refractivity (Wildman–Crippen MR) is 108 cm³/mol. The van der Waals surface area contributed by atoms with Crippen LogP contribution in [0.5, 0.6) is 5.75 Å². The maximum absolute atomic E-state index is 12.3. The molecule has 0 aliphatic rings. The van der Waals surface area contributed by atoms with E-state index in [1.165, 1.54) is 0 Å². The number of aliphatic carboxylic acids is 1. The molecule has 0 amide bonds. The molecule has 0 aromatic heterocycles. The smallest absolute Gasteiger partial charge is 0.321 e. The first-order valence-corrected chi connectivity index (χ1v) is 8.86. The van der Waals surface area contributed by atoms with E-state index in [1.807, 2.05) is 37.3 Å². The van der Waals surface area contributed by atoms with Gasteiger partial charge in [-0.15, -0.1) is 12.4 Å². The molecule has 0 fully saturated rings. The molecule has 0 bridgehead atoms. The molecule has 2 aromatic rings. The number of Topliss-reactive ketones (excluding diaryl/α,β-unsaturated/α-hetero) is 1. The minimum Gasteiger partial charge on any atom is -0.494 e. The van der Waals surface area contributed by atoms with Gasteiger partial charge in [-0.1, -0.05) is 37.3 Å². The van der Waals surface area contributed by atoms with Gasteiger partial charge in [0.1, 0.15) is 11.8 Å². The topological polar surface area (TPSA) is 75.6 Å². The molecule has 1 atom stereocenters. The maximum atomic E-state index is 12.3. The molecule has 0 saturated carbocycles. The van der Waals surface area contributed by atoms with Crippen molar-refractivity contribution in [1.82, 2.24) is 5.32 Å². The summed E-state index contributed by atoms with van der Waals surface area (Å²) in [5.41, 5.74) is 1.55. The van der Waals surface area contributed by atoms with Crippen molar-refractivity contribution in [2.45, 2.75) is 32.2 Å². The summed E-state index contributed by atoms with van der Waals surface area (Å²) in [6.45, 7) is 3.00. The van der Waals surface area contributed by atoms with Crippen LogP contribution in [0.4, 0.5) is 0 Å². The molecular weight excluding hydrogens is 366 g/mol. The third kappa shape index (κ3) is 7.81. The lowest BCUT2D eigenvalue weighted by Crippen LogP contribution is -2.39. The highest BCUT2D eigenvalue weighted by Crippen LogP contribution is 2.13. The number of ether oxygens (including phenoxy) is 1. The van der Waals surface area contributed by atoms with Gasteiger partial charge in [-0.2, -0.15) is 0 Å². The molecule has 0 heterocycles. The number of ketones is 1. The Morgan fingerprint density at radius 2 is 1.74 bits per heavy atom. The van der Waals surface area contributed by atoms with Crippen LogP contribution in [0.15, 0.2) is 54.6 Å². The van der Waals surface area contributed by atoms with E-state index in [2.05, 4.69) is 5.32 Å². The molecule has 0 spiro atoms. The van der Waals surface area contributed by atoms with Crippen LogP contribution >= 0.6 is 12.4 Å². The first-order valence-electron chi connectivity index (χ1n) is 8.86. The second-order valence-electron chi connectivity index (χ2n) is 6.08. The number of hydrogen-bond acceptors (Lipinski definition) is 4. The number of rotatable bonds is 11. The molecule has 0 saturated heterocycles. The van der Waals surface area contributed by atoms with Gasteiger partial charge >= 0.3 is 5.97 Å². The fourth-order valence-electron chi connectivity index (χ4n) is 2.56. The Hall–Kier alpha value is -2.37. The molecule has 27 heavy (non-hydrogen) atoms. The van der Waals surface area contributed by atoms with Crippen LogP contribution in [0.3, 0.4) is 0 Å². The van der Waals surface area contributed by atoms with Crippen LogP contribution in [-0.2, 0) is 11.2 Å². The van der Waals surface area contributed by atoms with Crippen molar-refractivity contribution in [2.24, 2.45) is 0 Å². The van der Waals surface area contributed by atoms with Crippen LogP contribution < -0.4 is 10.1 Å². The van der Waals surface area contributed by atoms with Gasteiger partial charge in [0.2, 0.25) is 0 Å². The summed E-state index contributed by atoms with van der Waals surface area (Å²) in [5.74, 6) is -0.197. The summed E-state index contributed by atoms with van der Waals surface area (Å²) in [4.78, 5) is 23.7. The Labute approximate surface area is 166 Å². The van der Waals surface area contributed by atoms with E-state index in [4.69, 9.17) is 4.74 Å². The SMILES string of the molecule is CCCOc1ccc(C(=O)CCN[C@@H](Cc2ccccc2)C(=O)O)cc1.Cl. The van der Waals surface area contributed by atoms with E-state index in [0.717, 1.165) is 17.7 Å². The minimum atomic E-state index is -0.918. The van der Waals surface area contributed by atoms with E-state index < -0.39 is 12.0 Å². The van der Waals surface area contributed by atoms with Crippen molar-refractivity contribution in [2.75, 3.05) is 13.2 Å². The molecule has 2 aromatic carbocycles. The number of hydrogen-bond donors (Lipinski definition) is 2. The van der Waals surface area contributed by atoms with Crippen molar-refractivity contribution >= 4 is 24.2 Å². The van der Waals surface area contributed by atoms with E-state index >= 15 is 0 Å². The van der Waals surface area contributed by atoms with Gasteiger partial charge < -0.3 is 15.2 Å². The first kappa shape index (κ1) is 22.7. The number of carbonyl (C=O) groups excluding carboxylic acids is 1. The fraction of sp³-hybridized carbons (Fsp3) is 0.333. The Kier molecular flexibility index (Phi) is 10.2. The van der Waals surface area contributed by atoms with Crippen molar-refractivity contribution in [1.29, 1.82) is 0 Å². The number of carboxylic acid groups (broad SMARTS) is 1. The Morgan fingerprint density at radius 1 is 1.07 bits per heavy atom. The number of carbonyl (C=O) groups is 2. The third-order valence-electron chi connectivity index (χ3n) is 3.97. The van der Waals surface area contributed by atoms with Crippen LogP contribution in [0, 0.1) is 0 Å². The summed E-state index contributed by atoms with van der Waals surface area (Å²) < 4.78 is 5.50. The lowest BCUT2D eigenvalue weighted by Gasteiger charge is -2.14. The first-order chi connectivity index (χ1) is 12.6. The summed E-state index contributed by atoms with van der Waals surface area (Å²) in [6, 6.07) is 15.8. The van der Waals surface area contributed by atoms with E-state index in [9.17, 15) is 14.7 Å². The lowest BCUT2D eigenvalue weighted by molar-refractivity contribution is -0.139. The molecule has 6 heteroatoms. The summed E-state index contributed by atoms with van der Waals surface area (Å²) in [7, 11) is 0. The molecule has 5 nitrogen and oxygen atoms in total. The molecule has 2 N–H and O–H groups in total. The molecule has 0 unspecified atom stereocenters. The van der Waals surface area contributed by atoms with Crippen LogP contribution in [-0.4, -0.2) is 36.1 Å². The van der Waals surface area contributed by atoms with Gasteiger partial charge in [-0.3, -0.25) is 9.59 Å². The molecule has 0 radical (unpaired) electrons. The average molecular weight is 392 g/mol. The Bertz CT molecular complexity index is 704. The molecule has 0 aliphatic heterocycles. The minimum absolute atomic E-state index is 0. The quantitative estimate of drug-likeness (QED) is 0.570. The highest BCUT2D eigenvalue weighted by atomic mass is 35.5.